The van der Waals surface area contributed by atoms with Crippen LogP contribution < -0.4 is 11.1 Å². The van der Waals surface area contributed by atoms with Crippen molar-refractivity contribution in [3.05, 3.63) is 52.6 Å². The molecule has 0 radical (unpaired) electrons. The van der Waals surface area contributed by atoms with Crippen molar-refractivity contribution in [2.45, 2.75) is 39.0 Å². The minimum absolute atomic E-state index is 0.111. The van der Waals surface area contributed by atoms with Gasteiger partial charge in [0.1, 0.15) is 5.76 Å². The first-order chi connectivity index (χ1) is 13.2. The number of rotatable bonds is 2. The molecule has 0 saturated carbocycles. The largest absolute Gasteiger partial charge is 0.460 e. The Morgan fingerprint density at radius 1 is 1.25 bits per heavy atom. The molecule has 1 amide bonds. The number of benzene rings is 1. The lowest BCUT2D eigenvalue weighted by Crippen LogP contribution is -2.50. The number of carbonyl (C=O) groups is 3. The van der Waals surface area contributed by atoms with Crippen molar-refractivity contribution in [3.63, 3.8) is 0 Å². The number of ketones is 1. The summed E-state index contributed by atoms with van der Waals surface area (Å²) in [5, 5.41) is 2.81. The van der Waals surface area contributed by atoms with E-state index in [2.05, 4.69) is 5.32 Å². The van der Waals surface area contributed by atoms with Crippen LogP contribution in [-0.2, 0) is 29.3 Å². The van der Waals surface area contributed by atoms with Crippen LogP contribution in [-0.4, -0.2) is 24.3 Å². The number of Topliss-reactive ketones (excluding diaryl/α,β-unsaturated/α-hetero) is 1. The molecule has 7 heteroatoms. The minimum atomic E-state index is -1.58. The average Bonchev–Trinajstić information content (AvgIpc) is 2.90. The molecular weight excluding hydrogens is 360 g/mol. The summed E-state index contributed by atoms with van der Waals surface area (Å²) in [5.74, 6) is -1.33. The number of nitrogens with two attached hydrogens (primary N) is 1. The van der Waals surface area contributed by atoms with Crippen LogP contribution in [0.4, 0.5) is 5.69 Å². The zero-order valence-corrected chi connectivity index (χ0v) is 16.0. The van der Waals surface area contributed by atoms with Gasteiger partial charge in [0.15, 0.2) is 11.2 Å². The summed E-state index contributed by atoms with van der Waals surface area (Å²) >= 11 is 0. The minimum Gasteiger partial charge on any atom is -0.460 e. The van der Waals surface area contributed by atoms with Crippen molar-refractivity contribution in [2.75, 3.05) is 11.9 Å². The smallest absolute Gasteiger partial charge is 0.376 e. The fourth-order valence-corrected chi connectivity index (χ4v) is 4.37. The molecule has 1 unspecified atom stereocenters. The van der Waals surface area contributed by atoms with E-state index in [4.69, 9.17) is 15.2 Å². The highest BCUT2D eigenvalue weighted by atomic mass is 16.6. The summed E-state index contributed by atoms with van der Waals surface area (Å²) in [6.07, 6.45) is 0.663. The molecule has 0 fully saturated rings. The van der Waals surface area contributed by atoms with Gasteiger partial charge in [0.2, 0.25) is 11.7 Å². The van der Waals surface area contributed by atoms with Gasteiger partial charge in [-0.15, -0.1) is 0 Å². The van der Waals surface area contributed by atoms with Crippen LogP contribution in [0.2, 0.25) is 0 Å². The van der Waals surface area contributed by atoms with E-state index in [-0.39, 0.29) is 41.3 Å². The van der Waals surface area contributed by atoms with Crippen molar-refractivity contribution >= 4 is 23.3 Å². The van der Waals surface area contributed by atoms with E-state index < -0.39 is 17.3 Å². The fraction of sp³-hybridized carbons (Fsp3) is 0.381. The van der Waals surface area contributed by atoms with Crippen molar-refractivity contribution in [3.8, 4) is 0 Å². The Labute approximate surface area is 162 Å². The molecule has 1 atom stereocenters. The molecule has 1 aromatic carbocycles. The number of amides is 1. The highest BCUT2D eigenvalue weighted by Gasteiger charge is 2.60. The molecule has 2 aliphatic heterocycles. The van der Waals surface area contributed by atoms with Crippen molar-refractivity contribution in [2.24, 2.45) is 11.1 Å². The quantitative estimate of drug-likeness (QED) is 0.760. The number of carbonyl (C=O) groups excluding carboxylic acids is 3. The number of para-hydroxylation sites is 1. The highest BCUT2D eigenvalue weighted by Crippen LogP contribution is 2.55. The number of hydrogen-bond acceptors (Lipinski definition) is 6. The summed E-state index contributed by atoms with van der Waals surface area (Å²) in [7, 11) is 0. The molecule has 0 bridgehead atoms. The van der Waals surface area contributed by atoms with Crippen molar-refractivity contribution in [1.29, 1.82) is 0 Å². The lowest BCUT2D eigenvalue weighted by molar-refractivity contribution is -0.143. The topological polar surface area (TPSA) is 108 Å². The molecule has 3 N–H and O–H groups in total. The van der Waals surface area contributed by atoms with E-state index in [1.165, 1.54) is 0 Å². The third-order valence-electron chi connectivity index (χ3n) is 5.47. The van der Waals surface area contributed by atoms with Crippen molar-refractivity contribution < 1.29 is 23.9 Å². The van der Waals surface area contributed by atoms with Gasteiger partial charge < -0.3 is 20.5 Å². The summed E-state index contributed by atoms with van der Waals surface area (Å²) in [6.45, 7) is 5.69. The summed E-state index contributed by atoms with van der Waals surface area (Å²) in [5.41, 5.74) is 5.67. The van der Waals surface area contributed by atoms with Crippen LogP contribution in [0.15, 0.2) is 47.1 Å². The maximum absolute atomic E-state index is 13.3. The van der Waals surface area contributed by atoms with Gasteiger partial charge in [-0.05, 0) is 18.4 Å². The molecule has 0 saturated heterocycles. The zero-order valence-electron chi connectivity index (χ0n) is 16.0. The van der Waals surface area contributed by atoms with Gasteiger partial charge in [-0.1, -0.05) is 32.0 Å². The van der Waals surface area contributed by atoms with Gasteiger partial charge >= 0.3 is 5.97 Å². The predicted molar refractivity (Wildman–Crippen MR) is 101 cm³/mol. The summed E-state index contributed by atoms with van der Waals surface area (Å²) in [6, 6.07) is 7.04. The molecule has 3 aliphatic rings. The summed E-state index contributed by atoms with van der Waals surface area (Å²) in [4.78, 5) is 39.0. The third-order valence-corrected chi connectivity index (χ3v) is 5.47. The Bertz CT molecular complexity index is 988. The molecule has 4 rings (SSSR count). The summed E-state index contributed by atoms with van der Waals surface area (Å²) < 4.78 is 10.9. The van der Waals surface area contributed by atoms with E-state index in [0.717, 1.165) is 0 Å². The first-order valence-corrected chi connectivity index (χ1v) is 9.25. The molecule has 28 heavy (non-hydrogen) atoms. The monoisotopic (exact) mass is 382 g/mol. The standard InChI is InChI=1S/C21H22N2O5/c1-4-27-18(25)16-17(22)21(11-7-5-6-8-12(11)23-19(21)26)15-13(24)9-20(2,3)10-14(15)28-16/h5-8H,4,9-10,22H2,1-3H3,(H,23,26). The number of anilines is 1. The predicted octanol–water partition coefficient (Wildman–Crippen LogP) is 2.28. The number of fused-ring (bicyclic) bond motifs is 3. The lowest BCUT2D eigenvalue weighted by atomic mass is 9.63. The Balaban J connectivity index is 2.03. The number of hydrogen-bond donors (Lipinski definition) is 2. The SMILES string of the molecule is CCOC(=O)C1=C(N)C2(C(=O)Nc3ccccc32)C2=C(CC(C)(C)CC2=O)O1. The highest BCUT2D eigenvalue weighted by molar-refractivity contribution is 6.19. The van der Waals surface area contributed by atoms with Gasteiger partial charge in [0, 0.05) is 24.1 Å². The molecule has 0 aromatic heterocycles. The Kier molecular flexibility index (Phi) is 3.89. The molecular formula is C21H22N2O5. The van der Waals surface area contributed by atoms with Crippen LogP contribution >= 0.6 is 0 Å². The van der Waals surface area contributed by atoms with Gasteiger partial charge in [-0.2, -0.15) is 0 Å². The molecule has 1 aromatic rings. The van der Waals surface area contributed by atoms with Crippen LogP contribution in [0.25, 0.3) is 0 Å². The van der Waals surface area contributed by atoms with Crippen LogP contribution in [0.5, 0.6) is 0 Å². The van der Waals surface area contributed by atoms with Gasteiger partial charge in [0.25, 0.3) is 0 Å². The number of ether oxygens (including phenoxy) is 2. The maximum atomic E-state index is 13.3. The average molecular weight is 382 g/mol. The van der Waals surface area contributed by atoms with Crippen LogP contribution in [0, 0.1) is 5.41 Å². The number of esters is 1. The lowest BCUT2D eigenvalue weighted by Gasteiger charge is -2.41. The molecule has 1 spiro atoms. The second-order valence-electron chi connectivity index (χ2n) is 8.05. The molecule has 7 nitrogen and oxygen atoms in total. The van der Waals surface area contributed by atoms with Crippen LogP contribution in [0.1, 0.15) is 39.2 Å². The van der Waals surface area contributed by atoms with Gasteiger partial charge in [-0.25, -0.2) is 4.79 Å². The third kappa shape index (κ3) is 2.32. The Morgan fingerprint density at radius 2 is 1.96 bits per heavy atom. The maximum Gasteiger partial charge on any atom is 0.376 e. The van der Waals surface area contributed by atoms with Gasteiger partial charge in [0.05, 0.1) is 17.9 Å². The molecule has 146 valence electrons. The van der Waals surface area contributed by atoms with Gasteiger partial charge in [-0.3, -0.25) is 9.59 Å². The van der Waals surface area contributed by atoms with E-state index in [9.17, 15) is 14.4 Å². The fourth-order valence-electron chi connectivity index (χ4n) is 4.37. The number of allylic oxidation sites excluding steroid dienone is 1. The zero-order chi connectivity index (χ0) is 20.3. The second-order valence-corrected chi connectivity index (χ2v) is 8.05. The van der Waals surface area contributed by atoms with E-state index in [1.807, 2.05) is 13.8 Å². The van der Waals surface area contributed by atoms with E-state index in [1.54, 1.807) is 31.2 Å². The normalized spacial score (nSPS) is 25.2. The first kappa shape index (κ1) is 18.3. The van der Waals surface area contributed by atoms with E-state index in [0.29, 0.717) is 23.4 Å². The molecule has 2 heterocycles. The number of nitrogens with one attached hydrogen (secondary N) is 1. The van der Waals surface area contributed by atoms with E-state index >= 15 is 0 Å². The van der Waals surface area contributed by atoms with Crippen LogP contribution in [0.3, 0.4) is 0 Å². The van der Waals surface area contributed by atoms with Crippen molar-refractivity contribution in [1.82, 2.24) is 0 Å². The first-order valence-electron chi connectivity index (χ1n) is 9.25. The Hall–Kier alpha value is -3.09. The molecule has 1 aliphatic carbocycles. The Morgan fingerprint density at radius 3 is 2.68 bits per heavy atom. The second kappa shape index (κ2) is 5.95.